The van der Waals surface area contributed by atoms with Gasteiger partial charge >= 0.3 is 0 Å². The van der Waals surface area contributed by atoms with E-state index in [4.69, 9.17) is 4.52 Å². The van der Waals surface area contributed by atoms with Crippen molar-refractivity contribution < 1.29 is 13.7 Å². The third-order valence-corrected chi connectivity index (χ3v) is 5.95. The molecule has 0 atom stereocenters. The Morgan fingerprint density at radius 3 is 2.49 bits per heavy atom. The molecule has 0 aliphatic heterocycles. The zero-order valence-electron chi connectivity index (χ0n) is 20.8. The summed E-state index contributed by atoms with van der Waals surface area (Å²) in [4.78, 5) is 21.3. The first-order valence-corrected chi connectivity index (χ1v) is 11.9. The van der Waals surface area contributed by atoms with Crippen molar-refractivity contribution in [3.8, 4) is 23.0 Å². The van der Waals surface area contributed by atoms with Crippen molar-refractivity contribution in [3.63, 3.8) is 0 Å². The number of hydrogen-bond donors (Lipinski definition) is 1. The predicted molar refractivity (Wildman–Crippen MR) is 140 cm³/mol. The Bertz CT molecular complexity index is 1530. The van der Waals surface area contributed by atoms with Gasteiger partial charge in [-0.25, -0.2) is 9.37 Å². The first-order valence-electron chi connectivity index (χ1n) is 11.9. The van der Waals surface area contributed by atoms with Gasteiger partial charge in [-0.05, 0) is 52.9 Å². The summed E-state index contributed by atoms with van der Waals surface area (Å²) in [6, 6.07) is 21.4. The minimum absolute atomic E-state index is 0.0397. The third-order valence-electron chi connectivity index (χ3n) is 5.95. The van der Waals surface area contributed by atoms with Crippen LogP contribution >= 0.6 is 0 Å². The second-order valence-electron chi connectivity index (χ2n) is 9.84. The van der Waals surface area contributed by atoms with Crippen molar-refractivity contribution in [2.24, 2.45) is 0 Å². The molecule has 7 nitrogen and oxygen atoms in total. The number of halogens is 1. The first kappa shape index (κ1) is 24.1. The zero-order valence-corrected chi connectivity index (χ0v) is 20.8. The molecular weight excluding hydrogens is 469 g/mol. The van der Waals surface area contributed by atoms with Gasteiger partial charge in [-0.2, -0.15) is 4.98 Å². The largest absolute Gasteiger partial charge is 0.332 e. The molecule has 0 saturated heterocycles. The van der Waals surface area contributed by atoms with Crippen LogP contribution in [0.2, 0.25) is 0 Å². The molecule has 0 spiro atoms. The highest BCUT2D eigenvalue weighted by Gasteiger charge is 2.15. The van der Waals surface area contributed by atoms with Crippen molar-refractivity contribution >= 4 is 11.6 Å². The van der Waals surface area contributed by atoms with Crippen molar-refractivity contribution in [1.29, 1.82) is 0 Å². The fourth-order valence-corrected chi connectivity index (χ4v) is 3.86. The number of carbonyl (C=O) groups is 1. The van der Waals surface area contributed by atoms with E-state index in [1.165, 1.54) is 17.7 Å². The summed E-state index contributed by atoms with van der Waals surface area (Å²) < 4.78 is 20.7. The van der Waals surface area contributed by atoms with E-state index in [1.807, 2.05) is 53.1 Å². The standard InChI is InChI=1S/C29H26FN5O2/c1-29(2,3)22-11-9-20(10-12-22)27(36)32-24-13-7-19(8-14-24)16-35-17-25(31-18-35)28-33-26(34-37-28)21-5-4-6-23(30)15-21/h4-15,17-18H,16H2,1-3H3,(H,32,36). The van der Waals surface area contributed by atoms with Crippen LogP contribution in [0.25, 0.3) is 23.0 Å². The number of rotatable bonds is 6. The minimum Gasteiger partial charge on any atom is -0.332 e. The van der Waals surface area contributed by atoms with Crippen LogP contribution in [0, 0.1) is 5.82 Å². The second kappa shape index (κ2) is 9.81. The first-order chi connectivity index (χ1) is 17.7. The van der Waals surface area contributed by atoms with Crippen molar-refractivity contribution in [2.45, 2.75) is 32.7 Å². The van der Waals surface area contributed by atoms with Gasteiger partial charge in [0, 0.05) is 29.6 Å². The monoisotopic (exact) mass is 495 g/mol. The van der Waals surface area contributed by atoms with Crippen molar-refractivity contribution in [3.05, 3.63) is 108 Å². The molecule has 0 aliphatic rings. The fraction of sp³-hybridized carbons (Fsp3) is 0.172. The van der Waals surface area contributed by atoms with E-state index in [9.17, 15) is 9.18 Å². The quantitative estimate of drug-likeness (QED) is 0.297. The van der Waals surface area contributed by atoms with E-state index in [1.54, 1.807) is 24.7 Å². The molecule has 0 saturated carbocycles. The summed E-state index contributed by atoms with van der Waals surface area (Å²) in [5, 5.41) is 6.87. The van der Waals surface area contributed by atoms with E-state index < -0.39 is 0 Å². The summed E-state index contributed by atoms with van der Waals surface area (Å²) in [6.45, 7) is 7.00. The summed E-state index contributed by atoms with van der Waals surface area (Å²) in [5.74, 6) is 0.0385. The number of hydrogen-bond acceptors (Lipinski definition) is 5. The van der Waals surface area contributed by atoms with Gasteiger partial charge in [0.1, 0.15) is 11.5 Å². The lowest BCUT2D eigenvalue weighted by Gasteiger charge is -2.19. The average molecular weight is 496 g/mol. The van der Waals surface area contributed by atoms with Gasteiger partial charge in [0.2, 0.25) is 5.82 Å². The summed E-state index contributed by atoms with van der Waals surface area (Å²) >= 11 is 0. The van der Waals surface area contributed by atoms with Crippen LogP contribution in [0.5, 0.6) is 0 Å². The molecule has 0 radical (unpaired) electrons. The molecule has 8 heteroatoms. The van der Waals surface area contributed by atoms with E-state index in [-0.39, 0.29) is 23.0 Å². The van der Waals surface area contributed by atoms with Crippen LogP contribution in [0.15, 0.2) is 89.8 Å². The van der Waals surface area contributed by atoms with Crippen LogP contribution < -0.4 is 5.32 Å². The van der Waals surface area contributed by atoms with Gasteiger partial charge in [0.25, 0.3) is 11.8 Å². The average Bonchev–Trinajstić information content (AvgIpc) is 3.55. The Morgan fingerprint density at radius 1 is 1.03 bits per heavy atom. The summed E-state index contributed by atoms with van der Waals surface area (Å²) in [6.07, 6.45) is 3.48. The van der Waals surface area contributed by atoms with Crippen molar-refractivity contribution in [1.82, 2.24) is 19.7 Å². The number of nitrogens with one attached hydrogen (secondary N) is 1. The van der Waals surface area contributed by atoms with E-state index in [0.717, 1.165) is 11.3 Å². The molecule has 0 aliphatic carbocycles. The van der Waals surface area contributed by atoms with E-state index in [0.29, 0.717) is 29.2 Å². The number of anilines is 1. The molecule has 37 heavy (non-hydrogen) atoms. The Hall–Kier alpha value is -4.59. The number of carbonyl (C=O) groups excluding carboxylic acids is 1. The van der Waals surface area contributed by atoms with Gasteiger partial charge in [0.15, 0.2) is 0 Å². The van der Waals surface area contributed by atoms with Gasteiger partial charge in [-0.1, -0.05) is 62.3 Å². The third kappa shape index (κ3) is 5.64. The maximum Gasteiger partial charge on any atom is 0.278 e. The number of nitrogens with zero attached hydrogens (tertiary/aromatic N) is 4. The Labute approximate surface area is 214 Å². The van der Waals surface area contributed by atoms with E-state index >= 15 is 0 Å². The van der Waals surface area contributed by atoms with Crippen LogP contribution in [0.1, 0.15) is 42.3 Å². The highest BCUT2D eigenvalue weighted by atomic mass is 19.1. The molecule has 0 bridgehead atoms. The Kier molecular flexibility index (Phi) is 6.40. The molecule has 5 aromatic rings. The number of benzene rings is 3. The molecule has 0 fully saturated rings. The lowest BCUT2D eigenvalue weighted by molar-refractivity contribution is 0.102. The number of imidazole rings is 1. The van der Waals surface area contributed by atoms with Crippen LogP contribution in [0.3, 0.4) is 0 Å². The maximum atomic E-state index is 13.5. The van der Waals surface area contributed by atoms with Crippen molar-refractivity contribution in [2.75, 3.05) is 5.32 Å². The minimum atomic E-state index is -0.367. The molecular formula is C29H26FN5O2. The fourth-order valence-electron chi connectivity index (χ4n) is 3.86. The van der Waals surface area contributed by atoms with Gasteiger partial charge < -0.3 is 14.4 Å². The van der Waals surface area contributed by atoms with Gasteiger partial charge in [0.05, 0.1) is 6.33 Å². The highest BCUT2D eigenvalue weighted by molar-refractivity contribution is 6.04. The molecule has 1 N–H and O–H groups in total. The molecule has 5 rings (SSSR count). The second-order valence-corrected chi connectivity index (χ2v) is 9.84. The number of aromatic nitrogens is 4. The zero-order chi connectivity index (χ0) is 26.0. The van der Waals surface area contributed by atoms with Crippen LogP contribution in [-0.4, -0.2) is 25.6 Å². The van der Waals surface area contributed by atoms with E-state index in [2.05, 4.69) is 41.2 Å². The Balaban J connectivity index is 1.21. The summed E-state index contributed by atoms with van der Waals surface area (Å²) in [7, 11) is 0. The molecule has 1 amide bonds. The molecule has 0 unspecified atom stereocenters. The lowest BCUT2D eigenvalue weighted by Crippen LogP contribution is -2.14. The normalized spacial score (nSPS) is 11.5. The predicted octanol–water partition coefficient (Wildman–Crippen LogP) is 6.34. The smallest absolute Gasteiger partial charge is 0.278 e. The topological polar surface area (TPSA) is 85.8 Å². The number of amides is 1. The highest BCUT2D eigenvalue weighted by Crippen LogP contribution is 2.23. The molecule has 2 aromatic heterocycles. The Morgan fingerprint density at radius 2 is 1.78 bits per heavy atom. The summed E-state index contributed by atoms with van der Waals surface area (Å²) in [5.41, 5.74) is 4.64. The van der Waals surface area contributed by atoms with Gasteiger partial charge in [-0.3, -0.25) is 4.79 Å². The van der Waals surface area contributed by atoms with Gasteiger partial charge in [-0.15, -0.1) is 0 Å². The lowest BCUT2D eigenvalue weighted by atomic mass is 9.87. The molecule has 2 heterocycles. The maximum absolute atomic E-state index is 13.5. The molecule has 3 aromatic carbocycles. The van der Waals surface area contributed by atoms with Crippen LogP contribution in [0.4, 0.5) is 10.1 Å². The molecule has 186 valence electrons. The van der Waals surface area contributed by atoms with Crippen LogP contribution in [-0.2, 0) is 12.0 Å². The SMILES string of the molecule is CC(C)(C)c1ccc(C(=O)Nc2ccc(Cn3cnc(-c4nc(-c5cccc(F)c5)no4)c3)cc2)cc1.